The van der Waals surface area contributed by atoms with E-state index in [9.17, 15) is 22.8 Å². The number of esters is 2. The molecule has 0 saturated heterocycles. The van der Waals surface area contributed by atoms with Gasteiger partial charge in [0.25, 0.3) is 0 Å². The van der Waals surface area contributed by atoms with Crippen molar-refractivity contribution < 1.29 is 64.2 Å². The number of para-hydroxylation sites is 1. The molecule has 6 rings (SSSR count). The molecule has 0 aliphatic carbocycles. The average Bonchev–Trinajstić information content (AvgIpc) is 3.22. The van der Waals surface area contributed by atoms with Crippen LogP contribution in [0.25, 0.3) is 21.5 Å². The Morgan fingerprint density at radius 1 is 0.609 bits per heavy atom. The van der Waals surface area contributed by atoms with Gasteiger partial charge in [0.1, 0.15) is 33.6 Å². The number of ether oxygens (including phenoxy) is 6. The van der Waals surface area contributed by atoms with Crippen LogP contribution in [0.5, 0.6) is 17.2 Å². The fourth-order valence-electron chi connectivity index (χ4n) is 6.18. The fourth-order valence-corrected chi connectivity index (χ4v) is 8.32. The van der Waals surface area contributed by atoms with Gasteiger partial charge in [0.2, 0.25) is 4.90 Å². The quantitative estimate of drug-likeness (QED) is 0.0184. The van der Waals surface area contributed by atoms with Crippen molar-refractivity contribution in [2.75, 3.05) is 26.6 Å². The smallest absolute Gasteiger partial charge is 0.485 e. The van der Waals surface area contributed by atoms with Gasteiger partial charge in [-0.05, 0) is 136 Å². The van der Waals surface area contributed by atoms with E-state index >= 15 is 0 Å². The summed E-state index contributed by atoms with van der Waals surface area (Å²) in [5, 5.41) is 4.92. The molecule has 64 heavy (non-hydrogen) atoms. The van der Waals surface area contributed by atoms with E-state index in [4.69, 9.17) is 41.4 Å². The molecule has 0 heterocycles. The van der Waals surface area contributed by atoms with Gasteiger partial charge in [-0.3, -0.25) is 0 Å². The van der Waals surface area contributed by atoms with Gasteiger partial charge in [0.15, 0.2) is 45.7 Å². The summed E-state index contributed by atoms with van der Waals surface area (Å²) in [6.07, 6.45) is 0.741. The summed E-state index contributed by atoms with van der Waals surface area (Å²) in [7, 11) is -6.73. The minimum Gasteiger partial charge on any atom is -0.741 e. The molecule has 0 spiro atoms. The van der Waals surface area contributed by atoms with E-state index in [1.54, 1.807) is 0 Å². The second-order valence-electron chi connectivity index (χ2n) is 16.1. The first-order valence-electron chi connectivity index (χ1n) is 19.9. The minimum absolute atomic E-state index is 0.0780. The van der Waals surface area contributed by atoms with E-state index in [1.165, 1.54) is 27.1 Å². The molecule has 6 aromatic carbocycles. The topological polar surface area (TPSA) is 147 Å². The number of rotatable bonds is 15. The summed E-state index contributed by atoms with van der Waals surface area (Å²) in [5.74, 6) is 0.920. The minimum atomic E-state index is -6.09. The molecule has 0 bridgehead atoms. The third kappa shape index (κ3) is 14.6. The van der Waals surface area contributed by atoms with Gasteiger partial charge in [-0.2, -0.15) is 13.2 Å². The van der Waals surface area contributed by atoms with Crippen molar-refractivity contribution in [3.63, 3.8) is 0 Å². The molecule has 0 fully saturated rings. The summed E-state index contributed by atoms with van der Waals surface area (Å²) >= 11 is 0. The molecule has 340 valence electrons. The molecule has 0 radical (unpaired) electrons. The van der Waals surface area contributed by atoms with Crippen LogP contribution in [0.4, 0.5) is 13.2 Å². The summed E-state index contributed by atoms with van der Waals surface area (Å²) in [4.78, 5) is 27.5. The van der Waals surface area contributed by atoms with Crippen molar-refractivity contribution in [2.24, 2.45) is 0 Å². The molecule has 6 aromatic rings. The molecular formula is C48H49F3O11S2. The van der Waals surface area contributed by atoms with Crippen molar-refractivity contribution >= 4 is 54.5 Å². The largest absolute Gasteiger partial charge is 0.741 e. The highest BCUT2D eigenvalue weighted by molar-refractivity contribution is 7.97. The van der Waals surface area contributed by atoms with Gasteiger partial charge in [0, 0.05) is 0 Å². The lowest BCUT2D eigenvalue weighted by molar-refractivity contribution is -0.158. The van der Waals surface area contributed by atoms with Crippen LogP contribution < -0.4 is 14.2 Å². The summed E-state index contributed by atoms with van der Waals surface area (Å²) < 4.78 is 93.7. The van der Waals surface area contributed by atoms with Crippen LogP contribution in [-0.4, -0.2) is 68.2 Å². The fraction of sp³-hybridized carbons (Fsp3) is 0.292. The summed E-state index contributed by atoms with van der Waals surface area (Å²) in [5.41, 5.74) is -5.60. The van der Waals surface area contributed by atoms with E-state index < -0.39 is 49.7 Å². The maximum atomic E-state index is 12.3. The SMILES string of the molecule is CC(C)(C)OC(=O)COc1ccc([S+](c2ccc(OCC(=O)OC(C)(C)C)cc2)c2ccccc2OCOCCc2cc3ccccc3c3ccccc23)cc1.O=S(=O)([O-])C(F)(F)F. The van der Waals surface area contributed by atoms with E-state index in [1.807, 2.05) is 108 Å². The van der Waals surface area contributed by atoms with Gasteiger partial charge >= 0.3 is 17.4 Å². The number of hydrogen-bond acceptors (Lipinski definition) is 11. The van der Waals surface area contributed by atoms with E-state index in [0.29, 0.717) is 23.9 Å². The zero-order chi connectivity index (χ0) is 46.7. The molecule has 0 aliphatic heterocycles. The monoisotopic (exact) mass is 922 g/mol. The molecule has 0 amide bonds. The number of hydrogen-bond donors (Lipinski definition) is 0. The van der Waals surface area contributed by atoms with Gasteiger partial charge in [-0.1, -0.05) is 66.7 Å². The number of halogens is 3. The summed E-state index contributed by atoms with van der Waals surface area (Å²) in [6, 6.07) is 42.5. The van der Waals surface area contributed by atoms with E-state index in [0.717, 1.165) is 21.1 Å². The van der Waals surface area contributed by atoms with Gasteiger partial charge in [0.05, 0.1) is 6.61 Å². The Bertz CT molecular complexity index is 2550. The molecule has 0 N–H and O–H groups in total. The van der Waals surface area contributed by atoms with Crippen LogP contribution >= 0.6 is 0 Å². The van der Waals surface area contributed by atoms with E-state index in [2.05, 4.69) is 60.7 Å². The predicted octanol–water partition coefficient (Wildman–Crippen LogP) is 10.2. The number of fused-ring (bicyclic) bond motifs is 3. The Balaban J connectivity index is 0.000000878. The van der Waals surface area contributed by atoms with Crippen LogP contribution in [0.2, 0.25) is 0 Å². The van der Waals surface area contributed by atoms with Crippen LogP contribution in [0.15, 0.2) is 142 Å². The Labute approximate surface area is 373 Å². The average molecular weight is 923 g/mol. The third-order valence-corrected chi connectivity index (χ3v) is 11.5. The highest BCUT2D eigenvalue weighted by atomic mass is 32.2. The standard InChI is InChI=1S/C47H49O8S.CHF3O3S/c1-46(2,3)54-44(48)30-51-35-19-23-37(24-20-35)56(38-25-21-36(22-26-38)52-31-45(49)55-47(4,5)6)43-18-12-11-17-42(43)53-32-50-28-27-34-29-33-13-7-8-14-39(33)41-16-10-9-15-40(34)41;2-1(3,4)8(5,6)7/h7-26,29H,27-28,30-32H2,1-6H3;(H,5,6,7)/q+1;/p-1. The van der Waals surface area contributed by atoms with Crippen LogP contribution in [0.1, 0.15) is 47.1 Å². The molecular weight excluding hydrogens is 874 g/mol. The molecule has 11 nitrogen and oxygen atoms in total. The lowest BCUT2D eigenvalue weighted by atomic mass is 9.96. The van der Waals surface area contributed by atoms with Crippen molar-refractivity contribution in [1.29, 1.82) is 0 Å². The lowest BCUT2D eigenvalue weighted by Gasteiger charge is -2.19. The summed E-state index contributed by atoms with van der Waals surface area (Å²) in [6.45, 7) is 11.1. The molecule has 0 aromatic heterocycles. The maximum Gasteiger partial charge on any atom is 0.485 e. The lowest BCUT2D eigenvalue weighted by Crippen LogP contribution is -2.27. The first kappa shape index (κ1) is 49.2. The van der Waals surface area contributed by atoms with Crippen molar-refractivity contribution in [3.05, 3.63) is 133 Å². The highest BCUT2D eigenvalue weighted by Gasteiger charge is 2.37. The predicted molar refractivity (Wildman–Crippen MR) is 237 cm³/mol. The normalized spacial score (nSPS) is 12.0. The van der Waals surface area contributed by atoms with Crippen LogP contribution in [0, 0.1) is 0 Å². The first-order valence-corrected chi connectivity index (χ1v) is 22.6. The van der Waals surface area contributed by atoms with Crippen LogP contribution in [-0.2, 0) is 51.2 Å². The van der Waals surface area contributed by atoms with E-state index in [-0.39, 0.29) is 20.0 Å². The third-order valence-electron chi connectivity index (χ3n) is 8.69. The van der Waals surface area contributed by atoms with Gasteiger partial charge in [-0.25, -0.2) is 18.0 Å². The molecule has 0 atom stereocenters. The number of carbonyl (C=O) groups excluding carboxylic acids is 2. The Kier molecular flexibility index (Phi) is 16.3. The Morgan fingerprint density at radius 3 is 1.56 bits per heavy atom. The first-order chi connectivity index (χ1) is 30.1. The maximum absolute atomic E-state index is 12.3. The highest BCUT2D eigenvalue weighted by Crippen LogP contribution is 2.38. The molecule has 0 saturated carbocycles. The molecule has 0 unspecified atom stereocenters. The molecule has 16 heteroatoms. The number of carbonyl (C=O) groups is 2. The van der Waals surface area contributed by atoms with Crippen LogP contribution in [0.3, 0.4) is 0 Å². The Hall–Kier alpha value is -5.81. The van der Waals surface area contributed by atoms with Crippen molar-refractivity contribution in [3.8, 4) is 17.2 Å². The Morgan fingerprint density at radius 2 is 1.06 bits per heavy atom. The zero-order valence-corrected chi connectivity index (χ0v) is 37.7. The second kappa shape index (κ2) is 21.2. The molecule has 0 aliphatic rings. The zero-order valence-electron chi connectivity index (χ0n) is 36.1. The second-order valence-corrected chi connectivity index (χ2v) is 19.4. The van der Waals surface area contributed by atoms with Crippen molar-refractivity contribution in [1.82, 2.24) is 0 Å². The van der Waals surface area contributed by atoms with Gasteiger partial charge < -0.3 is 33.0 Å². The van der Waals surface area contributed by atoms with Crippen molar-refractivity contribution in [2.45, 2.75) is 79.4 Å². The van der Waals surface area contributed by atoms with Gasteiger partial charge in [-0.15, -0.1) is 0 Å². The number of alkyl halides is 3. The number of benzene rings is 6.